The van der Waals surface area contributed by atoms with Crippen LogP contribution in [0, 0.1) is 0 Å². The molecule has 0 bridgehead atoms. The molecule has 27 heavy (non-hydrogen) atoms. The quantitative estimate of drug-likeness (QED) is 0.305. The molecule has 0 amide bonds. The highest BCUT2D eigenvalue weighted by molar-refractivity contribution is 14.0. The van der Waals surface area contributed by atoms with E-state index in [0.717, 1.165) is 33.5 Å². The van der Waals surface area contributed by atoms with Crippen LogP contribution in [0.1, 0.15) is 10.6 Å². The number of methoxy groups -OCH3 is 1. The van der Waals surface area contributed by atoms with Gasteiger partial charge in [-0.05, 0) is 17.7 Å². The van der Waals surface area contributed by atoms with Crippen molar-refractivity contribution in [2.75, 3.05) is 14.2 Å². The first-order valence-electron chi connectivity index (χ1n) is 8.36. The van der Waals surface area contributed by atoms with Gasteiger partial charge in [0, 0.05) is 24.5 Å². The van der Waals surface area contributed by atoms with E-state index in [9.17, 15) is 0 Å². The number of aromatic nitrogens is 1. The normalized spacial score (nSPS) is 10.8. The molecule has 0 aliphatic rings. The second-order valence-corrected chi connectivity index (χ2v) is 6.57. The fraction of sp³-hybridized carbons (Fsp3) is 0.200. The summed E-state index contributed by atoms with van der Waals surface area (Å²) >= 11 is 1.64. The van der Waals surface area contributed by atoms with Gasteiger partial charge in [0.25, 0.3) is 0 Å². The van der Waals surface area contributed by atoms with E-state index in [-0.39, 0.29) is 24.0 Å². The van der Waals surface area contributed by atoms with Gasteiger partial charge in [-0.2, -0.15) is 0 Å². The van der Waals surface area contributed by atoms with E-state index in [1.807, 2.05) is 36.4 Å². The summed E-state index contributed by atoms with van der Waals surface area (Å²) in [6.07, 6.45) is 0. The summed E-state index contributed by atoms with van der Waals surface area (Å²) in [5.74, 6) is 1.59. The molecule has 0 spiro atoms. The Balaban J connectivity index is 0.00000261. The SMILES string of the molecule is CN=C(NCc1cccc(OC)c1)NCc1nc(-c2ccccc2)cs1.I. The molecule has 0 saturated heterocycles. The maximum absolute atomic E-state index is 5.25. The summed E-state index contributed by atoms with van der Waals surface area (Å²) in [5, 5.41) is 9.71. The average molecular weight is 494 g/mol. The van der Waals surface area contributed by atoms with E-state index in [0.29, 0.717) is 13.1 Å². The number of benzene rings is 2. The van der Waals surface area contributed by atoms with Gasteiger partial charge in [-0.15, -0.1) is 35.3 Å². The number of thiazole rings is 1. The van der Waals surface area contributed by atoms with Crippen LogP contribution < -0.4 is 15.4 Å². The van der Waals surface area contributed by atoms with Crippen molar-refractivity contribution in [3.63, 3.8) is 0 Å². The Labute approximate surface area is 180 Å². The zero-order valence-electron chi connectivity index (χ0n) is 15.3. The number of hydrogen-bond donors (Lipinski definition) is 2. The van der Waals surface area contributed by atoms with Crippen LogP contribution in [0.25, 0.3) is 11.3 Å². The van der Waals surface area contributed by atoms with Crippen LogP contribution >= 0.6 is 35.3 Å². The number of nitrogens with one attached hydrogen (secondary N) is 2. The van der Waals surface area contributed by atoms with E-state index in [1.54, 1.807) is 25.5 Å². The smallest absolute Gasteiger partial charge is 0.191 e. The minimum Gasteiger partial charge on any atom is -0.497 e. The third-order valence-electron chi connectivity index (χ3n) is 3.85. The van der Waals surface area contributed by atoms with Crippen LogP contribution in [0.3, 0.4) is 0 Å². The summed E-state index contributed by atoms with van der Waals surface area (Å²) in [7, 11) is 3.43. The molecule has 0 fully saturated rings. The van der Waals surface area contributed by atoms with Crippen molar-refractivity contribution >= 4 is 41.3 Å². The Morgan fingerprint density at radius 2 is 1.85 bits per heavy atom. The maximum atomic E-state index is 5.25. The lowest BCUT2D eigenvalue weighted by molar-refractivity contribution is 0.414. The highest BCUT2D eigenvalue weighted by Crippen LogP contribution is 2.21. The molecule has 1 aromatic heterocycles. The van der Waals surface area contributed by atoms with Crippen LogP contribution in [0.5, 0.6) is 5.75 Å². The van der Waals surface area contributed by atoms with Gasteiger partial charge >= 0.3 is 0 Å². The van der Waals surface area contributed by atoms with Gasteiger partial charge in [-0.1, -0.05) is 42.5 Å². The summed E-state index contributed by atoms with van der Waals surface area (Å²) in [4.78, 5) is 8.95. The molecule has 0 aliphatic heterocycles. The van der Waals surface area contributed by atoms with Crippen molar-refractivity contribution in [2.45, 2.75) is 13.1 Å². The minimum absolute atomic E-state index is 0. The van der Waals surface area contributed by atoms with E-state index in [4.69, 9.17) is 4.74 Å². The number of aliphatic imine (C=N–C) groups is 1. The van der Waals surface area contributed by atoms with Crippen molar-refractivity contribution in [1.29, 1.82) is 0 Å². The number of rotatable bonds is 6. The number of guanidine groups is 1. The molecule has 0 unspecified atom stereocenters. The predicted molar refractivity (Wildman–Crippen MR) is 123 cm³/mol. The second-order valence-electron chi connectivity index (χ2n) is 5.62. The van der Waals surface area contributed by atoms with Crippen molar-refractivity contribution in [1.82, 2.24) is 15.6 Å². The number of ether oxygens (including phenoxy) is 1. The molecule has 2 N–H and O–H groups in total. The number of nitrogens with zero attached hydrogens (tertiary/aromatic N) is 2. The molecule has 5 nitrogen and oxygen atoms in total. The summed E-state index contributed by atoms with van der Waals surface area (Å²) in [5.41, 5.74) is 3.27. The van der Waals surface area contributed by atoms with Gasteiger partial charge < -0.3 is 15.4 Å². The van der Waals surface area contributed by atoms with Crippen molar-refractivity contribution < 1.29 is 4.74 Å². The Morgan fingerprint density at radius 3 is 2.59 bits per heavy atom. The Bertz CT molecular complexity index is 867. The molecular formula is C20H23IN4OS. The molecule has 0 saturated carbocycles. The van der Waals surface area contributed by atoms with E-state index >= 15 is 0 Å². The first-order valence-corrected chi connectivity index (χ1v) is 9.23. The van der Waals surface area contributed by atoms with Crippen LogP contribution in [-0.2, 0) is 13.1 Å². The molecule has 3 aromatic rings. The fourth-order valence-corrected chi connectivity index (χ4v) is 3.22. The van der Waals surface area contributed by atoms with Crippen LogP contribution in [0.4, 0.5) is 0 Å². The van der Waals surface area contributed by atoms with Crippen LogP contribution in [0.2, 0.25) is 0 Å². The zero-order valence-corrected chi connectivity index (χ0v) is 18.5. The molecule has 1 heterocycles. The summed E-state index contributed by atoms with van der Waals surface area (Å²) < 4.78 is 5.25. The largest absolute Gasteiger partial charge is 0.497 e. The first kappa shape index (κ1) is 21.2. The number of halogens is 1. The van der Waals surface area contributed by atoms with Crippen LogP contribution in [0.15, 0.2) is 65.0 Å². The molecule has 2 aromatic carbocycles. The third kappa shape index (κ3) is 6.21. The molecule has 0 atom stereocenters. The van der Waals surface area contributed by atoms with Gasteiger partial charge in [-0.3, -0.25) is 4.99 Å². The zero-order chi connectivity index (χ0) is 18.2. The van der Waals surface area contributed by atoms with Gasteiger partial charge in [0.05, 0.1) is 19.3 Å². The van der Waals surface area contributed by atoms with Crippen molar-refractivity contribution in [3.8, 4) is 17.0 Å². The Hall–Kier alpha value is -2.13. The monoisotopic (exact) mass is 494 g/mol. The lowest BCUT2D eigenvalue weighted by Gasteiger charge is -2.11. The molecule has 142 valence electrons. The van der Waals surface area contributed by atoms with Crippen molar-refractivity contribution in [3.05, 3.63) is 70.5 Å². The molecular weight excluding hydrogens is 471 g/mol. The minimum atomic E-state index is 0. The third-order valence-corrected chi connectivity index (χ3v) is 4.69. The first-order chi connectivity index (χ1) is 12.8. The fourth-order valence-electron chi connectivity index (χ4n) is 2.48. The standard InChI is InChI=1S/C20H22N4OS.HI/c1-21-20(22-12-15-7-6-10-17(11-15)25-2)23-13-19-24-18(14-26-19)16-8-4-3-5-9-16;/h3-11,14H,12-13H2,1-2H3,(H2,21,22,23);1H. The highest BCUT2D eigenvalue weighted by Gasteiger charge is 2.05. The van der Waals surface area contributed by atoms with Crippen LogP contribution in [-0.4, -0.2) is 25.1 Å². The van der Waals surface area contributed by atoms with E-state index in [1.165, 1.54) is 0 Å². The van der Waals surface area contributed by atoms with Gasteiger partial charge in [0.2, 0.25) is 0 Å². The van der Waals surface area contributed by atoms with E-state index in [2.05, 4.69) is 44.2 Å². The maximum Gasteiger partial charge on any atom is 0.191 e. The summed E-state index contributed by atoms with van der Waals surface area (Å²) in [6.45, 7) is 1.30. The van der Waals surface area contributed by atoms with E-state index < -0.39 is 0 Å². The summed E-state index contributed by atoms with van der Waals surface area (Å²) in [6, 6.07) is 18.2. The molecule has 0 radical (unpaired) electrons. The Morgan fingerprint density at radius 1 is 1.07 bits per heavy atom. The predicted octanol–water partition coefficient (Wildman–Crippen LogP) is 4.30. The lowest BCUT2D eigenvalue weighted by atomic mass is 10.2. The second kappa shape index (κ2) is 10.9. The molecule has 0 aliphatic carbocycles. The van der Waals surface area contributed by atoms with Gasteiger partial charge in [0.1, 0.15) is 10.8 Å². The average Bonchev–Trinajstić information content (AvgIpc) is 3.18. The van der Waals surface area contributed by atoms with Gasteiger partial charge in [-0.25, -0.2) is 4.98 Å². The van der Waals surface area contributed by atoms with Crippen molar-refractivity contribution in [2.24, 2.45) is 4.99 Å². The lowest BCUT2D eigenvalue weighted by Crippen LogP contribution is -2.36. The highest BCUT2D eigenvalue weighted by atomic mass is 127. The topological polar surface area (TPSA) is 58.5 Å². The molecule has 7 heteroatoms. The molecule has 3 rings (SSSR count). The van der Waals surface area contributed by atoms with Gasteiger partial charge in [0.15, 0.2) is 5.96 Å². The number of hydrogen-bond acceptors (Lipinski definition) is 4. The Kier molecular flexibility index (Phi) is 8.53.